The number of likely N-dealkylation sites (tertiary alicyclic amines) is 1. The lowest BCUT2D eigenvalue weighted by Crippen LogP contribution is -2.29. The van der Waals surface area contributed by atoms with E-state index in [-0.39, 0.29) is 0 Å². The van der Waals surface area contributed by atoms with Crippen molar-refractivity contribution < 1.29 is 5.11 Å². The second-order valence-corrected chi connectivity index (χ2v) is 4.80. The van der Waals surface area contributed by atoms with Crippen LogP contribution in [0.15, 0.2) is 11.1 Å². The monoisotopic (exact) mass is 217 g/mol. The van der Waals surface area contributed by atoms with Crippen molar-refractivity contribution in [1.82, 2.24) is 4.90 Å². The Morgan fingerprint density at radius 3 is 2.86 bits per heavy atom. The highest BCUT2D eigenvalue weighted by atomic mass is 35.5. The lowest BCUT2D eigenvalue weighted by atomic mass is 9.98. The number of aliphatic hydroxyl groups is 1. The van der Waals surface area contributed by atoms with Gasteiger partial charge >= 0.3 is 0 Å². The van der Waals surface area contributed by atoms with Gasteiger partial charge in [-0.15, -0.1) is 0 Å². The second-order valence-electron chi connectivity index (χ2n) is 4.58. The van der Waals surface area contributed by atoms with Gasteiger partial charge in [0.15, 0.2) is 0 Å². The topological polar surface area (TPSA) is 23.5 Å². The molecule has 1 saturated heterocycles. The minimum absolute atomic E-state index is 0.465. The van der Waals surface area contributed by atoms with Crippen LogP contribution in [0, 0.1) is 0 Å². The quantitative estimate of drug-likeness (QED) is 0.768. The molecule has 1 heterocycles. The van der Waals surface area contributed by atoms with Crippen LogP contribution in [0.2, 0.25) is 0 Å². The van der Waals surface area contributed by atoms with E-state index in [0.29, 0.717) is 0 Å². The molecular weight excluding hydrogens is 198 g/mol. The van der Waals surface area contributed by atoms with E-state index in [0.717, 1.165) is 38.9 Å². The van der Waals surface area contributed by atoms with Gasteiger partial charge in [0.25, 0.3) is 0 Å². The molecule has 0 bridgehead atoms. The molecule has 1 fully saturated rings. The first kappa shape index (κ1) is 12.0. The molecule has 1 aliphatic heterocycles. The zero-order valence-corrected chi connectivity index (χ0v) is 9.85. The molecule has 1 atom stereocenters. The molecular formula is C11H20ClNO. The Bertz CT molecular complexity index is 213. The first-order chi connectivity index (χ1) is 6.53. The van der Waals surface area contributed by atoms with Crippen LogP contribution >= 0.6 is 11.6 Å². The van der Waals surface area contributed by atoms with Crippen LogP contribution in [0.1, 0.15) is 33.1 Å². The Kier molecular flexibility index (Phi) is 4.42. The van der Waals surface area contributed by atoms with Gasteiger partial charge in [0.1, 0.15) is 0 Å². The molecule has 14 heavy (non-hydrogen) atoms. The average Bonchev–Trinajstić information content (AvgIpc) is 2.28. The van der Waals surface area contributed by atoms with Crippen molar-refractivity contribution in [2.45, 2.75) is 38.7 Å². The molecule has 1 N–H and O–H groups in total. The summed E-state index contributed by atoms with van der Waals surface area (Å²) in [6.45, 7) is 6.93. The summed E-state index contributed by atoms with van der Waals surface area (Å²) in [4.78, 5) is 2.36. The smallest absolute Gasteiger partial charge is 0.0632 e. The van der Waals surface area contributed by atoms with Crippen molar-refractivity contribution in [2.75, 3.05) is 19.6 Å². The fraction of sp³-hybridized carbons (Fsp3) is 0.818. The lowest BCUT2D eigenvalue weighted by Gasteiger charge is -2.22. The average molecular weight is 218 g/mol. The molecule has 0 saturated carbocycles. The second kappa shape index (κ2) is 5.15. The van der Waals surface area contributed by atoms with E-state index in [1.807, 2.05) is 13.8 Å². The van der Waals surface area contributed by atoms with Crippen molar-refractivity contribution in [3.63, 3.8) is 0 Å². The molecule has 0 aromatic rings. The summed E-state index contributed by atoms with van der Waals surface area (Å²) >= 11 is 5.63. The molecule has 0 aromatic carbocycles. The highest BCUT2D eigenvalue weighted by Gasteiger charge is 2.24. The summed E-state index contributed by atoms with van der Waals surface area (Å²) in [5, 5.41) is 9.90. The molecule has 0 aliphatic carbocycles. The summed E-state index contributed by atoms with van der Waals surface area (Å²) in [5.74, 6) is 0. The number of rotatable bonds is 2. The molecule has 0 amide bonds. The van der Waals surface area contributed by atoms with Gasteiger partial charge in [0.2, 0.25) is 0 Å². The van der Waals surface area contributed by atoms with Gasteiger partial charge in [-0.1, -0.05) is 11.6 Å². The third-order valence-corrected chi connectivity index (χ3v) is 3.19. The van der Waals surface area contributed by atoms with Crippen LogP contribution in [-0.4, -0.2) is 35.2 Å². The van der Waals surface area contributed by atoms with Crippen molar-refractivity contribution >= 4 is 11.6 Å². The fourth-order valence-corrected chi connectivity index (χ4v) is 1.93. The number of nitrogens with zero attached hydrogens (tertiary/aromatic N) is 1. The summed E-state index contributed by atoms with van der Waals surface area (Å²) in [6.07, 6.45) is 2.85. The first-order valence-corrected chi connectivity index (χ1v) is 5.68. The van der Waals surface area contributed by atoms with Gasteiger partial charge in [0.05, 0.1) is 5.60 Å². The molecule has 0 radical (unpaired) electrons. The van der Waals surface area contributed by atoms with E-state index < -0.39 is 5.60 Å². The van der Waals surface area contributed by atoms with E-state index in [2.05, 4.69) is 4.90 Å². The summed E-state index contributed by atoms with van der Waals surface area (Å²) in [7, 11) is 0. The third-order valence-electron chi connectivity index (χ3n) is 2.82. The van der Waals surface area contributed by atoms with Crippen LogP contribution in [0.3, 0.4) is 0 Å². The molecule has 2 nitrogen and oxygen atoms in total. The highest BCUT2D eigenvalue weighted by Crippen LogP contribution is 2.21. The summed E-state index contributed by atoms with van der Waals surface area (Å²) in [6, 6.07) is 0. The Morgan fingerprint density at radius 2 is 2.21 bits per heavy atom. The van der Waals surface area contributed by atoms with E-state index in [1.54, 1.807) is 5.54 Å². The van der Waals surface area contributed by atoms with Crippen molar-refractivity contribution in [3.05, 3.63) is 11.1 Å². The van der Waals surface area contributed by atoms with Crippen LogP contribution in [-0.2, 0) is 0 Å². The van der Waals surface area contributed by atoms with E-state index >= 15 is 0 Å². The predicted octanol–water partition coefficient (Wildman–Crippen LogP) is 2.37. The van der Waals surface area contributed by atoms with E-state index in [4.69, 9.17) is 11.6 Å². The minimum atomic E-state index is -0.465. The summed E-state index contributed by atoms with van der Waals surface area (Å²) in [5.41, 5.74) is 2.37. The largest absolute Gasteiger partial charge is 0.390 e. The molecule has 0 aromatic heterocycles. The van der Waals surface area contributed by atoms with Crippen molar-refractivity contribution in [1.29, 1.82) is 0 Å². The maximum Gasteiger partial charge on any atom is 0.0632 e. The van der Waals surface area contributed by atoms with Gasteiger partial charge in [-0.05, 0) is 45.2 Å². The van der Waals surface area contributed by atoms with E-state index in [9.17, 15) is 5.11 Å². The maximum absolute atomic E-state index is 9.90. The molecule has 82 valence electrons. The number of hydrogen-bond acceptors (Lipinski definition) is 2. The molecule has 1 rings (SSSR count). The van der Waals surface area contributed by atoms with Gasteiger partial charge < -0.3 is 5.11 Å². The predicted molar refractivity (Wildman–Crippen MR) is 60.5 cm³/mol. The number of hydrogen-bond donors (Lipinski definition) is 1. The highest BCUT2D eigenvalue weighted by molar-refractivity contribution is 6.25. The first-order valence-electron chi connectivity index (χ1n) is 5.24. The maximum atomic E-state index is 9.90. The zero-order valence-electron chi connectivity index (χ0n) is 9.09. The van der Waals surface area contributed by atoms with Crippen LogP contribution in [0.4, 0.5) is 0 Å². The Morgan fingerprint density at radius 1 is 1.50 bits per heavy atom. The normalized spacial score (nSPS) is 31.6. The van der Waals surface area contributed by atoms with Crippen LogP contribution in [0.5, 0.6) is 0 Å². The summed E-state index contributed by atoms with van der Waals surface area (Å²) < 4.78 is 0. The molecule has 1 aliphatic rings. The zero-order chi connectivity index (χ0) is 10.6. The number of halogens is 1. The van der Waals surface area contributed by atoms with Gasteiger partial charge in [-0.25, -0.2) is 0 Å². The van der Waals surface area contributed by atoms with Crippen LogP contribution in [0.25, 0.3) is 0 Å². The Hall–Kier alpha value is -0.0500. The Labute approximate surface area is 91.6 Å². The van der Waals surface area contributed by atoms with Crippen molar-refractivity contribution in [2.24, 2.45) is 0 Å². The Balaban J connectivity index is 2.42. The van der Waals surface area contributed by atoms with Crippen LogP contribution < -0.4 is 0 Å². The standard InChI is InChI=1S/C11H20ClNO/c1-10(8-12)9-13-6-3-4-11(2,14)5-7-13/h8,14H,3-7,9H2,1-2H3. The minimum Gasteiger partial charge on any atom is -0.390 e. The molecule has 3 heteroatoms. The van der Waals surface area contributed by atoms with Gasteiger partial charge in [-0.2, -0.15) is 0 Å². The molecule has 0 spiro atoms. The van der Waals surface area contributed by atoms with E-state index in [1.165, 1.54) is 5.57 Å². The van der Waals surface area contributed by atoms with Gasteiger partial charge in [-0.3, -0.25) is 4.90 Å². The molecule has 1 unspecified atom stereocenters. The van der Waals surface area contributed by atoms with Gasteiger partial charge in [0, 0.05) is 18.6 Å². The third kappa shape index (κ3) is 3.99. The fourth-order valence-electron chi connectivity index (χ4n) is 1.86. The SMILES string of the molecule is CC(=CCl)CN1CCCC(C)(O)CC1. The lowest BCUT2D eigenvalue weighted by molar-refractivity contribution is 0.0449. The van der Waals surface area contributed by atoms with Crippen molar-refractivity contribution in [3.8, 4) is 0 Å².